The first-order valence-corrected chi connectivity index (χ1v) is 6.40. The number of alkyl halides is 3. The number of rotatable bonds is 2. The second kappa shape index (κ2) is 5.92. The number of hydrogen-bond acceptors (Lipinski definition) is 4. The molecular formula is C12H18F3N3O. The normalized spacial score (nSPS) is 25.8. The van der Waals surface area contributed by atoms with Crippen LogP contribution in [0.5, 0.6) is 0 Å². The zero-order valence-electron chi connectivity index (χ0n) is 10.5. The molecule has 2 heterocycles. The van der Waals surface area contributed by atoms with Crippen molar-refractivity contribution < 1.29 is 17.9 Å². The van der Waals surface area contributed by atoms with Gasteiger partial charge < -0.3 is 15.8 Å². The second-order valence-corrected chi connectivity index (χ2v) is 4.80. The van der Waals surface area contributed by atoms with Crippen LogP contribution in [-0.2, 0) is 4.74 Å². The lowest BCUT2D eigenvalue weighted by Gasteiger charge is -2.27. The molecule has 4 nitrogen and oxygen atoms in total. The maximum absolute atomic E-state index is 12.8. The third kappa shape index (κ3) is 3.94. The summed E-state index contributed by atoms with van der Waals surface area (Å²) in [5.41, 5.74) is 5.98. The molecule has 0 aromatic heterocycles. The van der Waals surface area contributed by atoms with Crippen LogP contribution in [0.25, 0.3) is 0 Å². The number of piperidine rings is 1. The molecule has 1 unspecified atom stereocenters. The van der Waals surface area contributed by atoms with Gasteiger partial charge in [-0.15, -0.1) is 0 Å². The molecule has 0 aliphatic carbocycles. The highest BCUT2D eigenvalue weighted by Gasteiger charge is 2.41. The highest BCUT2D eigenvalue weighted by Crippen LogP contribution is 2.30. The van der Waals surface area contributed by atoms with Crippen molar-refractivity contribution in [1.29, 1.82) is 0 Å². The number of ether oxygens (including phenoxy) is 1. The molecule has 2 aliphatic rings. The van der Waals surface area contributed by atoms with Gasteiger partial charge in [-0.3, -0.25) is 0 Å². The van der Waals surface area contributed by atoms with Gasteiger partial charge in [-0.25, -0.2) is 4.99 Å². The Labute approximate surface area is 109 Å². The Balaban J connectivity index is 2.06. The van der Waals surface area contributed by atoms with Crippen molar-refractivity contribution in [2.45, 2.75) is 37.6 Å². The molecule has 108 valence electrons. The molecule has 0 radical (unpaired) electrons. The molecule has 1 fully saturated rings. The monoisotopic (exact) mass is 277 g/mol. The van der Waals surface area contributed by atoms with Crippen LogP contribution < -0.4 is 11.1 Å². The van der Waals surface area contributed by atoms with Crippen molar-refractivity contribution in [2.24, 2.45) is 10.7 Å². The summed E-state index contributed by atoms with van der Waals surface area (Å²) in [4.78, 5) is 3.66. The summed E-state index contributed by atoms with van der Waals surface area (Å²) in [7, 11) is 0. The Morgan fingerprint density at radius 3 is 2.63 bits per heavy atom. The fourth-order valence-electron chi connectivity index (χ4n) is 2.20. The molecule has 0 saturated carbocycles. The third-order valence-corrected chi connectivity index (χ3v) is 3.28. The second-order valence-electron chi connectivity index (χ2n) is 4.80. The third-order valence-electron chi connectivity index (χ3n) is 3.28. The number of hydrogen-bond donors (Lipinski definition) is 2. The first-order chi connectivity index (χ1) is 8.99. The summed E-state index contributed by atoms with van der Waals surface area (Å²) < 4.78 is 43.9. The van der Waals surface area contributed by atoms with Gasteiger partial charge in [0.2, 0.25) is 5.90 Å². The van der Waals surface area contributed by atoms with Crippen molar-refractivity contribution in [3.63, 3.8) is 0 Å². The summed E-state index contributed by atoms with van der Waals surface area (Å²) in [5.74, 6) is 0.0703. The van der Waals surface area contributed by atoms with Crippen LogP contribution in [0.15, 0.2) is 16.6 Å². The maximum atomic E-state index is 12.8. The minimum atomic E-state index is -4.35. The Kier molecular flexibility index (Phi) is 4.46. The lowest BCUT2D eigenvalue weighted by molar-refractivity contribution is -0.147. The zero-order chi connectivity index (χ0) is 13.9. The molecular weight excluding hydrogens is 259 g/mol. The average Bonchev–Trinajstić information content (AvgIpc) is 2.38. The quantitative estimate of drug-likeness (QED) is 0.801. The van der Waals surface area contributed by atoms with Crippen LogP contribution >= 0.6 is 0 Å². The number of aliphatic imine (C=N–C) groups is 1. The number of nitrogens with two attached hydrogens (primary N) is 1. The Morgan fingerprint density at radius 1 is 1.37 bits per heavy atom. The average molecular weight is 277 g/mol. The fourth-order valence-corrected chi connectivity index (χ4v) is 2.20. The van der Waals surface area contributed by atoms with E-state index in [0.717, 1.165) is 25.9 Å². The molecule has 3 N–H and O–H groups in total. The lowest BCUT2D eigenvalue weighted by Crippen LogP contribution is -2.36. The first kappa shape index (κ1) is 14.3. The Morgan fingerprint density at radius 2 is 2.05 bits per heavy atom. The molecule has 0 aromatic carbocycles. The molecule has 0 bridgehead atoms. The standard InChI is InChI=1S/C12H18F3N3O/c13-12(14,15)10-5-8(7-16)6-11(18-10)19-9-1-3-17-4-2-9/h6,9-10,17H,1-5,7,16H2. The predicted molar refractivity (Wildman–Crippen MR) is 66.0 cm³/mol. The lowest BCUT2D eigenvalue weighted by atomic mass is 10.0. The summed E-state index contributed by atoms with van der Waals surface area (Å²) in [5, 5.41) is 3.17. The zero-order valence-corrected chi connectivity index (χ0v) is 10.5. The fraction of sp³-hybridized carbons (Fsp3) is 0.750. The van der Waals surface area contributed by atoms with Gasteiger partial charge in [0, 0.05) is 19.0 Å². The van der Waals surface area contributed by atoms with E-state index in [1.807, 2.05) is 0 Å². The number of halogens is 3. The molecule has 1 atom stereocenters. The van der Waals surface area contributed by atoms with E-state index in [2.05, 4.69) is 10.3 Å². The van der Waals surface area contributed by atoms with Crippen LogP contribution in [0, 0.1) is 0 Å². The summed E-state index contributed by atoms with van der Waals surface area (Å²) in [6.07, 6.45) is -1.48. The molecule has 1 saturated heterocycles. The maximum Gasteiger partial charge on any atom is 0.411 e. The van der Waals surface area contributed by atoms with E-state index in [9.17, 15) is 13.2 Å². The minimum absolute atomic E-state index is 0.0674. The van der Waals surface area contributed by atoms with Gasteiger partial charge in [0.1, 0.15) is 6.10 Å². The van der Waals surface area contributed by atoms with Crippen molar-refractivity contribution in [3.8, 4) is 0 Å². The van der Waals surface area contributed by atoms with Gasteiger partial charge >= 0.3 is 6.18 Å². The van der Waals surface area contributed by atoms with Gasteiger partial charge in [0.05, 0.1) is 0 Å². The predicted octanol–water partition coefficient (Wildman–Crippen LogP) is 1.37. The first-order valence-electron chi connectivity index (χ1n) is 6.40. The molecule has 0 amide bonds. The number of nitrogens with zero attached hydrogens (tertiary/aromatic N) is 1. The smallest absolute Gasteiger partial charge is 0.411 e. The van der Waals surface area contributed by atoms with Gasteiger partial charge in [0.15, 0.2) is 6.04 Å². The van der Waals surface area contributed by atoms with E-state index in [0.29, 0.717) is 5.57 Å². The highest BCUT2D eigenvalue weighted by atomic mass is 19.4. The Bertz CT molecular complexity index is 373. The van der Waals surface area contributed by atoms with Crippen LogP contribution in [0.1, 0.15) is 19.3 Å². The van der Waals surface area contributed by atoms with Crippen molar-refractivity contribution in [2.75, 3.05) is 19.6 Å². The molecule has 7 heteroatoms. The van der Waals surface area contributed by atoms with E-state index in [1.165, 1.54) is 0 Å². The van der Waals surface area contributed by atoms with Gasteiger partial charge in [-0.05, 0) is 31.5 Å². The minimum Gasteiger partial charge on any atom is -0.474 e. The molecule has 0 spiro atoms. The Hall–Kier alpha value is -1.08. The van der Waals surface area contributed by atoms with Crippen LogP contribution in [0.4, 0.5) is 13.2 Å². The summed E-state index contributed by atoms with van der Waals surface area (Å²) >= 11 is 0. The van der Waals surface area contributed by atoms with E-state index in [1.54, 1.807) is 6.08 Å². The van der Waals surface area contributed by atoms with Gasteiger partial charge in [-0.2, -0.15) is 13.2 Å². The summed E-state index contributed by atoms with van der Waals surface area (Å²) in [6.45, 7) is 1.73. The highest BCUT2D eigenvalue weighted by molar-refractivity contribution is 5.89. The van der Waals surface area contributed by atoms with Crippen LogP contribution in [0.3, 0.4) is 0 Å². The van der Waals surface area contributed by atoms with E-state index >= 15 is 0 Å². The van der Waals surface area contributed by atoms with E-state index in [4.69, 9.17) is 10.5 Å². The van der Waals surface area contributed by atoms with E-state index < -0.39 is 12.2 Å². The molecule has 2 aliphatic heterocycles. The van der Waals surface area contributed by atoms with Gasteiger partial charge in [-0.1, -0.05) is 0 Å². The summed E-state index contributed by atoms with van der Waals surface area (Å²) in [6, 6.07) is -1.73. The SMILES string of the molecule is NCC1=CC(OC2CCNCC2)=NC(C(F)(F)F)C1. The van der Waals surface area contributed by atoms with Crippen molar-refractivity contribution in [1.82, 2.24) is 5.32 Å². The number of dihydropyridines is 1. The number of nitrogens with one attached hydrogen (secondary N) is 1. The largest absolute Gasteiger partial charge is 0.474 e. The molecule has 0 aromatic rings. The van der Waals surface area contributed by atoms with Gasteiger partial charge in [0.25, 0.3) is 0 Å². The molecule has 19 heavy (non-hydrogen) atoms. The van der Waals surface area contributed by atoms with E-state index in [-0.39, 0.29) is 25.0 Å². The topological polar surface area (TPSA) is 59.6 Å². The van der Waals surface area contributed by atoms with Crippen molar-refractivity contribution >= 4 is 5.90 Å². The van der Waals surface area contributed by atoms with Crippen molar-refractivity contribution in [3.05, 3.63) is 11.6 Å². The molecule has 2 rings (SSSR count). The van der Waals surface area contributed by atoms with Crippen LogP contribution in [-0.4, -0.2) is 43.9 Å². The van der Waals surface area contributed by atoms with Crippen LogP contribution in [0.2, 0.25) is 0 Å².